The van der Waals surface area contributed by atoms with Crippen molar-refractivity contribution in [2.24, 2.45) is 0 Å². The third-order valence-corrected chi connectivity index (χ3v) is 1.70. The van der Waals surface area contributed by atoms with Crippen LogP contribution in [0.1, 0.15) is 17.3 Å². The predicted molar refractivity (Wildman–Crippen MR) is 51.9 cm³/mol. The third-order valence-electron chi connectivity index (χ3n) is 1.70. The Morgan fingerprint density at radius 2 is 1.86 bits per heavy atom. The molecule has 0 amide bonds. The first-order chi connectivity index (χ1) is 6.09. The van der Waals surface area contributed by atoms with Gasteiger partial charge in [0, 0.05) is 6.54 Å². The molecule has 1 aromatic carbocycles. The second-order valence-electron chi connectivity index (χ2n) is 3.24. The Morgan fingerprint density at radius 1 is 1.36 bits per heavy atom. The molecule has 0 unspecified atom stereocenters. The summed E-state index contributed by atoms with van der Waals surface area (Å²) in [6, 6.07) is 6.93. The minimum Gasteiger partial charge on any atom is -1.00 e. The van der Waals surface area contributed by atoms with E-state index in [-0.39, 0.29) is 20.3 Å². The second-order valence-corrected chi connectivity index (χ2v) is 3.24. The van der Waals surface area contributed by atoms with Crippen molar-refractivity contribution in [1.82, 2.24) is 4.90 Å². The Morgan fingerprint density at radius 3 is 2.21 bits per heavy atom. The fourth-order valence-electron chi connectivity index (χ4n) is 1.12. The van der Waals surface area contributed by atoms with Gasteiger partial charge in [-0.3, -0.25) is 0 Å². The van der Waals surface area contributed by atoms with Crippen molar-refractivity contribution in [3.63, 3.8) is 0 Å². The van der Waals surface area contributed by atoms with Gasteiger partial charge in [-0.05, 0) is 31.8 Å². The van der Waals surface area contributed by atoms with Crippen molar-refractivity contribution in [1.29, 1.82) is 0 Å². The molecular weight excluding hydrogens is 173 g/mol. The fraction of sp³-hybridized carbons (Fsp3) is 0.300. The number of hydrogen-bond donors (Lipinski definition) is 1. The number of hydrogen-bond acceptors (Lipinski definition) is 2. The van der Waals surface area contributed by atoms with Gasteiger partial charge in [0.2, 0.25) is 0 Å². The van der Waals surface area contributed by atoms with Gasteiger partial charge < -0.3 is 11.4 Å². The first kappa shape index (κ1) is 13.2. The molecule has 0 radical (unpaired) electrons. The molecule has 0 fully saturated rings. The van der Waals surface area contributed by atoms with Gasteiger partial charge in [0.1, 0.15) is 0 Å². The predicted octanol–water partition coefficient (Wildman–Crippen LogP) is -1.44. The van der Waals surface area contributed by atoms with E-state index >= 15 is 0 Å². The standard InChI is InChI=1S/C10H13NO2.Li.H/c1-11(2)7-8-3-5-9(6-4-8)10(12)13;;/h3-6H,7H2,1-2H3,(H,12,13);;/q;+1;-1. The Bertz CT molecular complexity index is 301. The molecule has 0 bridgehead atoms. The van der Waals surface area contributed by atoms with Gasteiger partial charge in [0.25, 0.3) is 0 Å². The SMILES string of the molecule is CN(C)Cc1ccc(C(=O)O)cc1.[H-].[Li+]. The van der Waals surface area contributed by atoms with Crippen LogP contribution >= 0.6 is 0 Å². The smallest absolute Gasteiger partial charge is 1.00 e. The fourth-order valence-corrected chi connectivity index (χ4v) is 1.12. The van der Waals surface area contributed by atoms with E-state index in [1.54, 1.807) is 12.1 Å². The Labute approximate surface area is 97.4 Å². The zero-order valence-corrected chi connectivity index (χ0v) is 8.82. The quantitative estimate of drug-likeness (QED) is 0.589. The number of carbonyl (C=O) groups is 1. The van der Waals surface area contributed by atoms with Gasteiger partial charge >= 0.3 is 24.8 Å². The summed E-state index contributed by atoms with van der Waals surface area (Å²) in [5.41, 5.74) is 1.46. The molecule has 0 atom stereocenters. The molecule has 1 N–H and O–H groups in total. The molecule has 4 heteroatoms. The van der Waals surface area contributed by atoms with Gasteiger partial charge in [-0.1, -0.05) is 12.1 Å². The van der Waals surface area contributed by atoms with Crippen molar-refractivity contribution in [2.45, 2.75) is 6.54 Å². The maximum Gasteiger partial charge on any atom is 1.00 e. The van der Waals surface area contributed by atoms with Crippen LogP contribution in [0.5, 0.6) is 0 Å². The van der Waals surface area contributed by atoms with Gasteiger partial charge in [0.05, 0.1) is 5.56 Å². The molecule has 0 aliphatic rings. The minimum atomic E-state index is -0.878. The maximum atomic E-state index is 10.5. The van der Waals surface area contributed by atoms with E-state index in [9.17, 15) is 4.79 Å². The van der Waals surface area contributed by atoms with Crippen LogP contribution < -0.4 is 18.9 Å². The van der Waals surface area contributed by atoms with Crippen LogP contribution in [0.15, 0.2) is 24.3 Å². The van der Waals surface area contributed by atoms with Gasteiger partial charge in [0.15, 0.2) is 0 Å². The summed E-state index contributed by atoms with van der Waals surface area (Å²) in [5, 5.41) is 8.65. The maximum absolute atomic E-state index is 10.5. The molecule has 0 aliphatic heterocycles. The number of aromatic carboxylic acids is 1. The second kappa shape index (κ2) is 5.87. The molecule has 1 rings (SSSR count). The molecule has 72 valence electrons. The van der Waals surface area contributed by atoms with Crippen LogP contribution in [0.3, 0.4) is 0 Å². The average molecular weight is 187 g/mol. The van der Waals surface area contributed by atoms with Crippen LogP contribution in [0.2, 0.25) is 0 Å². The van der Waals surface area contributed by atoms with E-state index < -0.39 is 5.97 Å². The molecule has 0 spiro atoms. The average Bonchev–Trinajstić information content (AvgIpc) is 2.04. The molecule has 14 heavy (non-hydrogen) atoms. The summed E-state index contributed by atoms with van der Waals surface area (Å²) < 4.78 is 0. The van der Waals surface area contributed by atoms with E-state index in [1.807, 2.05) is 31.1 Å². The van der Waals surface area contributed by atoms with Crippen molar-refractivity contribution >= 4 is 5.97 Å². The molecule has 3 nitrogen and oxygen atoms in total. The number of rotatable bonds is 3. The monoisotopic (exact) mass is 187 g/mol. The zero-order chi connectivity index (χ0) is 9.84. The van der Waals surface area contributed by atoms with Gasteiger partial charge in [-0.15, -0.1) is 0 Å². The van der Waals surface area contributed by atoms with Crippen LogP contribution in [0, 0.1) is 0 Å². The van der Waals surface area contributed by atoms with Crippen molar-refractivity contribution in [3.8, 4) is 0 Å². The third kappa shape index (κ3) is 3.97. The first-order valence-corrected chi connectivity index (χ1v) is 4.06. The summed E-state index contributed by atoms with van der Waals surface area (Å²) in [6.45, 7) is 0.833. The molecule has 0 heterocycles. The van der Waals surface area contributed by atoms with Gasteiger partial charge in [-0.25, -0.2) is 4.79 Å². The topological polar surface area (TPSA) is 40.5 Å². The van der Waals surface area contributed by atoms with Crippen molar-refractivity contribution < 1.29 is 30.2 Å². The van der Waals surface area contributed by atoms with Crippen molar-refractivity contribution in [3.05, 3.63) is 35.4 Å². The minimum absolute atomic E-state index is 0. The summed E-state index contributed by atoms with van der Waals surface area (Å²) in [7, 11) is 3.95. The summed E-state index contributed by atoms with van der Waals surface area (Å²) in [4.78, 5) is 12.6. The summed E-state index contributed by atoms with van der Waals surface area (Å²) >= 11 is 0. The molecule has 0 saturated carbocycles. The van der Waals surface area contributed by atoms with E-state index in [1.165, 1.54) is 0 Å². The van der Waals surface area contributed by atoms with E-state index in [0.29, 0.717) is 5.56 Å². The molecule has 0 aromatic heterocycles. The zero-order valence-electron chi connectivity index (χ0n) is 9.82. The number of carboxylic acids is 1. The molecule has 0 aliphatic carbocycles. The Balaban J connectivity index is 0. The van der Waals surface area contributed by atoms with E-state index in [0.717, 1.165) is 12.1 Å². The van der Waals surface area contributed by atoms with Crippen LogP contribution in [-0.4, -0.2) is 30.1 Å². The Hall–Kier alpha value is -0.753. The summed E-state index contributed by atoms with van der Waals surface area (Å²) in [6.07, 6.45) is 0. The molecule has 0 saturated heterocycles. The van der Waals surface area contributed by atoms with Crippen LogP contribution in [0.4, 0.5) is 0 Å². The number of nitrogens with zero attached hydrogens (tertiary/aromatic N) is 1. The van der Waals surface area contributed by atoms with Gasteiger partial charge in [-0.2, -0.15) is 0 Å². The number of carboxylic acid groups (broad SMARTS) is 1. The van der Waals surface area contributed by atoms with E-state index in [4.69, 9.17) is 5.11 Å². The summed E-state index contributed by atoms with van der Waals surface area (Å²) in [5.74, 6) is -0.878. The molecular formula is C10H14LiNO2. The van der Waals surface area contributed by atoms with Crippen LogP contribution in [0.25, 0.3) is 0 Å². The van der Waals surface area contributed by atoms with Crippen LogP contribution in [-0.2, 0) is 6.54 Å². The van der Waals surface area contributed by atoms with Crippen molar-refractivity contribution in [2.75, 3.05) is 14.1 Å². The van der Waals surface area contributed by atoms with E-state index in [2.05, 4.69) is 0 Å². The first-order valence-electron chi connectivity index (χ1n) is 4.06. The largest absolute Gasteiger partial charge is 1.00 e. The normalized spacial score (nSPS) is 9.64. The molecule has 1 aromatic rings. The Kier molecular flexibility index (Phi) is 5.55. The number of benzene rings is 1.